The summed E-state index contributed by atoms with van der Waals surface area (Å²) in [6, 6.07) is 6.45. The van der Waals surface area contributed by atoms with Crippen LogP contribution in [0.2, 0.25) is 0 Å². The zero-order chi connectivity index (χ0) is 16.3. The summed E-state index contributed by atoms with van der Waals surface area (Å²) in [5.41, 5.74) is 0.937. The molecule has 2 rings (SSSR count). The van der Waals surface area contributed by atoms with Crippen LogP contribution < -0.4 is 0 Å². The summed E-state index contributed by atoms with van der Waals surface area (Å²) < 4.78 is 36.9. The van der Waals surface area contributed by atoms with Crippen molar-refractivity contribution in [2.45, 2.75) is 31.4 Å². The highest BCUT2D eigenvalue weighted by molar-refractivity contribution is 7.89. The Balaban J connectivity index is 2.45. The van der Waals surface area contributed by atoms with E-state index in [1.807, 2.05) is 6.92 Å². The van der Waals surface area contributed by atoms with E-state index >= 15 is 0 Å². The van der Waals surface area contributed by atoms with Crippen molar-refractivity contribution < 1.29 is 22.7 Å². The van der Waals surface area contributed by atoms with Gasteiger partial charge in [-0.15, -0.1) is 0 Å². The lowest BCUT2D eigenvalue weighted by Crippen LogP contribution is -2.39. The molecule has 0 amide bonds. The van der Waals surface area contributed by atoms with Crippen LogP contribution in [0.4, 0.5) is 0 Å². The summed E-state index contributed by atoms with van der Waals surface area (Å²) in [5.74, 6) is -0.696. The first kappa shape index (κ1) is 16.5. The van der Waals surface area contributed by atoms with Crippen LogP contribution in [0.25, 0.3) is 0 Å². The van der Waals surface area contributed by atoms with Gasteiger partial charge in [0.15, 0.2) is 0 Å². The monoisotopic (exact) mass is 325 g/mol. The van der Waals surface area contributed by atoms with E-state index in [9.17, 15) is 13.2 Å². The molecule has 0 aliphatic carbocycles. The van der Waals surface area contributed by atoms with Gasteiger partial charge in [0.05, 0.1) is 12.0 Å². The first-order valence-electron chi connectivity index (χ1n) is 6.93. The van der Waals surface area contributed by atoms with Crippen LogP contribution in [-0.4, -0.2) is 38.6 Å². The van der Waals surface area contributed by atoms with Gasteiger partial charge in [-0.3, -0.25) is 0 Å². The second-order valence-corrected chi connectivity index (χ2v) is 6.66. The topological polar surface area (TPSA) is 72.9 Å². The van der Waals surface area contributed by atoms with E-state index in [1.165, 1.54) is 25.3 Å². The number of benzene rings is 1. The zero-order valence-electron chi connectivity index (χ0n) is 12.8. The lowest BCUT2D eigenvalue weighted by molar-refractivity contribution is -0.138. The van der Waals surface area contributed by atoms with Crippen LogP contribution in [-0.2, 0) is 24.3 Å². The fourth-order valence-electron chi connectivity index (χ4n) is 2.27. The molecule has 0 N–H and O–H groups in total. The Morgan fingerprint density at radius 2 is 1.95 bits per heavy atom. The van der Waals surface area contributed by atoms with Crippen molar-refractivity contribution >= 4 is 16.0 Å². The molecule has 1 unspecified atom stereocenters. The predicted molar refractivity (Wildman–Crippen MR) is 80.3 cm³/mol. The maximum Gasteiger partial charge on any atom is 0.355 e. The second kappa shape index (κ2) is 6.50. The van der Waals surface area contributed by atoms with E-state index < -0.39 is 22.2 Å². The first-order valence-corrected chi connectivity index (χ1v) is 8.37. The SMILES string of the molecule is CCOC1CC=C(C(=O)OC)N1S(=O)(=O)c1ccc(C)cc1. The number of nitrogens with zero attached hydrogens (tertiary/aromatic N) is 1. The number of hydrogen-bond acceptors (Lipinski definition) is 5. The number of methoxy groups -OCH3 is 1. The van der Waals surface area contributed by atoms with Gasteiger partial charge in [0, 0.05) is 13.0 Å². The average molecular weight is 325 g/mol. The molecule has 7 heteroatoms. The summed E-state index contributed by atoms with van der Waals surface area (Å²) in [7, 11) is -2.68. The first-order chi connectivity index (χ1) is 10.4. The molecule has 1 aromatic rings. The molecule has 22 heavy (non-hydrogen) atoms. The Bertz CT molecular complexity index is 678. The molecule has 0 aromatic heterocycles. The highest BCUT2D eigenvalue weighted by Crippen LogP contribution is 2.31. The van der Waals surface area contributed by atoms with Crippen LogP contribution >= 0.6 is 0 Å². The number of aryl methyl sites for hydroxylation is 1. The van der Waals surface area contributed by atoms with Crippen molar-refractivity contribution in [1.82, 2.24) is 4.31 Å². The lowest BCUT2D eigenvalue weighted by Gasteiger charge is -2.27. The van der Waals surface area contributed by atoms with Crippen molar-refractivity contribution in [2.24, 2.45) is 0 Å². The number of rotatable bonds is 5. The highest BCUT2D eigenvalue weighted by atomic mass is 32.2. The molecule has 1 aliphatic rings. The maximum atomic E-state index is 12.9. The molecular weight excluding hydrogens is 306 g/mol. The molecule has 0 saturated carbocycles. The van der Waals surface area contributed by atoms with Gasteiger partial charge in [-0.2, -0.15) is 0 Å². The third-order valence-corrected chi connectivity index (χ3v) is 5.16. The third kappa shape index (κ3) is 3.00. The molecule has 0 fully saturated rings. The van der Waals surface area contributed by atoms with Crippen LogP contribution in [0.3, 0.4) is 0 Å². The van der Waals surface area contributed by atoms with Gasteiger partial charge in [0.25, 0.3) is 10.0 Å². The van der Waals surface area contributed by atoms with Gasteiger partial charge in [0.2, 0.25) is 0 Å². The van der Waals surface area contributed by atoms with Crippen LogP contribution in [0, 0.1) is 6.92 Å². The van der Waals surface area contributed by atoms with E-state index in [0.29, 0.717) is 13.0 Å². The van der Waals surface area contributed by atoms with Crippen molar-refractivity contribution in [3.8, 4) is 0 Å². The summed E-state index contributed by atoms with van der Waals surface area (Å²) >= 11 is 0. The Morgan fingerprint density at radius 3 is 2.50 bits per heavy atom. The smallest absolute Gasteiger partial charge is 0.355 e. The largest absolute Gasteiger partial charge is 0.464 e. The van der Waals surface area contributed by atoms with Gasteiger partial charge >= 0.3 is 5.97 Å². The fraction of sp³-hybridized carbons (Fsp3) is 0.400. The van der Waals surface area contributed by atoms with Gasteiger partial charge in [0.1, 0.15) is 11.9 Å². The van der Waals surface area contributed by atoms with Gasteiger partial charge in [-0.25, -0.2) is 17.5 Å². The highest BCUT2D eigenvalue weighted by Gasteiger charge is 2.40. The van der Waals surface area contributed by atoms with Crippen LogP contribution in [0.5, 0.6) is 0 Å². The number of ether oxygens (including phenoxy) is 2. The quantitative estimate of drug-likeness (QED) is 0.772. The Morgan fingerprint density at radius 1 is 1.32 bits per heavy atom. The minimum atomic E-state index is -3.89. The third-order valence-electron chi connectivity index (χ3n) is 3.34. The van der Waals surface area contributed by atoms with E-state index in [-0.39, 0.29) is 10.6 Å². The Hall–Kier alpha value is -1.86. The molecule has 6 nitrogen and oxygen atoms in total. The zero-order valence-corrected chi connectivity index (χ0v) is 13.6. The summed E-state index contributed by atoms with van der Waals surface area (Å²) in [4.78, 5) is 12.0. The number of carbonyl (C=O) groups excluding carboxylic acids is 1. The maximum absolute atomic E-state index is 12.9. The molecule has 0 bridgehead atoms. The van der Waals surface area contributed by atoms with Crippen molar-refractivity contribution in [2.75, 3.05) is 13.7 Å². The summed E-state index contributed by atoms with van der Waals surface area (Å²) in [6.45, 7) is 3.98. The van der Waals surface area contributed by atoms with E-state index in [1.54, 1.807) is 19.1 Å². The van der Waals surface area contributed by atoms with Gasteiger partial charge in [-0.1, -0.05) is 17.7 Å². The Kier molecular flexibility index (Phi) is 4.87. The Labute approximate surface area is 130 Å². The number of sulfonamides is 1. The molecule has 0 saturated heterocycles. The van der Waals surface area contributed by atoms with E-state index in [0.717, 1.165) is 9.87 Å². The summed E-state index contributed by atoms with van der Waals surface area (Å²) in [5, 5.41) is 0. The molecule has 1 atom stereocenters. The molecule has 120 valence electrons. The van der Waals surface area contributed by atoms with Crippen molar-refractivity contribution in [3.05, 3.63) is 41.6 Å². The van der Waals surface area contributed by atoms with E-state index in [4.69, 9.17) is 4.74 Å². The standard InChI is InChI=1S/C15H19NO5S/c1-4-21-14-10-9-13(15(17)20-3)16(14)22(18,19)12-7-5-11(2)6-8-12/h5-9,14H,4,10H2,1-3H3. The van der Waals surface area contributed by atoms with Crippen LogP contribution in [0.1, 0.15) is 18.9 Å². The fourth-order valence-corrected chi connectivity index (χ4v) is 3.84. The summed E-state index contributed by atoms with van der Waals surface area (Å²) in [6.07, 6.45) is 1.10. The second-order valence-electron chi connectivity index (χ2n) is 4.84. The predicted octanol–water partition coefficient (Wildman–Crippen LogP) is 1.81. The minimum absolute atomic E-state index is 0.0125. The normalized spacial score (nSPS) is 18.2. The van der Waals surface area contributed by atoms with Crippen molar-refractivity contribution in [1.29, 1.82) is 0 Å². The molecule has 1 aromatic carbocycles. The van der Waals surface area contributed by atoms with E-state index in [2.05, 4.69) is 4.74 Å². The van der Waals surface area contributed by atoms with Crippen LogP contribution in [0.15, 0.2) is 40.9 Å². The number of hydrogen-bond donors (Lipinski definition) is 0. The molecule has 0 radical (unpaired) electrons. The lowest BCUT2D eigenvalue weighted by atomic mass is 10.2. The molecule has 1 heterocycles. The van der Waals surface area contributed by atoms with Gasteiger partial charge < -0.3 is 9.47 Å². The number of carbonyl (C=O) groups is 1. The number of esters is 1. The molecule has 0 spiro atoms. The van der Waals surface area contributed by atoms with Crippen molar-refractivity contribution in [3.63, 3.8) is 0 Å². The molecular formula is C15H19NO5S. The molecule has 1 aliphatic heterocycles. The van der Waals surface area contributed by atoms with Gasteiger partial charge in [-0.05, 0) is 32.1 Å². The minimum Gasteiger partial charge on any atom is -0.464 e. The average Bonchev–Trinajstić information content (AvgIpc) is 2.92.